The lowest BCUT2D eigenvalue weighted by atomic mass is 9.89. The summed E-state index contributed by atoms with van der Waals surface area (Å²) in [4.78, 5) is 0. The predicted octanol–water partition coefficient (Wildman–Crippen LogP) is 3.16. The second kappa shape index (κ2) is 7.09. The van der Waals surface area contributed by atoms with Gasteiger partial charge in [0.05, 0.1) is 12.7 Å². The van der Waals surface area contributed by atoms with Crippen LogP contribution in [0.1, 0.15) is 43.9 Å². The Balaban J connectivity index is 2.84. The summed E-state index contributed by atoms with van der Waals surface area (Å²) in [5.74, 6) is 1.43. The van der Waals surface area contributed by atoms with Crippen molar-refractivity contribution in [2.75, 3.05) is 20.2 Å². The largest absolute Gasteiger partial charge is 0.496 e. The first-order valence-corrected chi connectivity index (χ1v) is 7.37. The van der Waals surface area contributed by atoms with Gasteiger partial charge in [-0.25, -0.2) is 0 Å². The third-order valence-corrected chi connectivity index (χ3v) is 3.80. The van der Waals surface area contributed by atoms with E-state index in [1.54, 1.807) is 7.11 Å². The Labute approximate surface area is 123 Å². The molecule has 0 aliphatic carbocycles. The van der Waals surface area contributed by atoms with Crippen molar-refractivity contribution >= 4 is 0 Å². The average molecular weight is 279 g/mol. The topological polar surface area (TPSA) is 41.5 Å². The quantitative estimate of drug-likeness (QED) is 0.753. The zero-order valence-corrected chi connectivity index (χ0v) is 13.7. The lowest BCUT2D eigenvalue weighted by Crippen LogP contribution is -2.30. The number of aliphatic hydroxyl groups is 1. The van der Waals surface area contributed by atoms with Crippen molar-refractivity contribution in [3.05, 3.63) is 28.8 Å². The minimum Gasteiger partial charge on any atom is -0.496 e. The lowest BCUT2D eigenvalue weighted by Gasteiger charge is -2.27. The van der Waals surface area contributed by atoms with Crippen LogP contribution in [-0.2, 0) is 5.60 Å². The van der Waals surface area contributed by atoms with Gasteiger partial charge in [0, 0.05) is 5.56 Å². The summed E-state index contributed by atoms with van der Waals surface area (Å²) in [6.45, 7) is 12.1. The molecule has 0 fully saturated rings. The Kier molecular flexibility index (Phi) is 6.03. The lowest BCUT2D eigenvalue weighted by molar-refractivity contribution is 0.0452. The molecule has 1 unspecified atom stereocenters. The van der Waals surface area contributed by atoms with E-state index in [0.717, 1.165) is 30.0 Å². The Morgan fingerprint density at radius 2 is 1.95 bits per heavy atom. The maximum atomic E-state index is 10.8. The molecule has 0 saturated carbocycles. The van der Waals surface area contributed by atoms with Gasteiger partial charge in [-0.15, -0.1) is 0 Å². The van der Waals surface area contributed by atoms with Gasteiger partial charge in [0.25, 0.3) is 0 Å². The van der Waals surface area contributed by atoms with Crippen LogP contribution in [-0.4, -0.2) is 25.3 Å². The number of nitrogens with one attached hydrogen (secondary N) is 1. The first-order chi connectivity index (χ1) is 9.29. The van der Waals surface area contributed by atoms with Crippen LogP contribution in [0.2, 0.25) is 0 Å². The minimum absolute atomic E-state index is 0.621. The van der Waals surface area contributed by atoms with E-state index in [4.69, 9.17) is 4.74 Å². The van der Waals surface area contributed by atoms with Crippen molar-refractivity contribution < 1.29 is 9.84 Å². The van der Waals surface area contributed by atoms with Crippen LogP contribution in [0.3, 0.4) is 0 Å². The Morgan fingerprint density at radius 1 is 1.30 bits per heavy atom. The van der Waals surface area contributed by atoms with Crippen molar-refractivity contribution in [1.29, 1.82) is 0 Å². The monoisotopic (exact) mass is 279 g/mol. The molecule has 1 rings (SSSR count). The molecule has 1 aromatic rings. The van der Waals surface area contributed by atoms with Gasteiger partial charge < -0.3 is 15.2 Å². The van der Waals surface area contributed by atoms with Crippen LogP contribution in [0.25, 0.3) is 0 Å². The molecule has 0 saturated heterocycles. The average Bonchev–Trinajstić information content (AvgIpc) is 2.37. The minimum atomic E-state index is -0.881. The number of aryl methyl sites for hydroxylation is 1. The third-order valence-electron chi connectivity index (χ3n) is 3.80. The number of rotatable bonds is 7. The molecule has 3 nitrogen and oxygen atoms in total. The number of benzene rings is 1. The van der Waals surface area contributed by atoms with E-state index in [1.165, 1.54) is 5.56 Å². The molecule has 0 amide bonds. The van der Waals surface area contributed by atoms with Crippen LogP contribution >= 0.6 is 0 Å². The van der Waals surface area contributed by atoms with E-state index in [2.05, 4.69) is 26.1 Å². The van der Waals surface area contributed by atoms with Crippen LogP contribution in [0, 0.1) is 19.8 Å². The highest BCUT2D eigenvalue weighted by atomic mass is 16.5. The molecule has 1 aromatic carbocycles. The van der Waals surface area contributed by atoms with Crippen LogP contribution in [0.5, 0.6) is 5.75 Å². The van der Waals surface area contributed by atoms with E-state index < -0.39 is 5.60 Å². The van der Waals surface area contributed by atoms with E-state index in [-0.39, 0.29) is 0 Å². The highest BCUT2D eigenvalue weighted by Gasteiger charge is 2.27. The summed E-state index contributed by atoms with van der Waals surface area (Å²) in [7, 11) is 1.67. The molecule has 0 aliphatic heterocycles. The summed E-state index contributed by atoms with van der Waals surface area (Å²) in [6, 6.07) is 4.02. The van der Waals surface area contributed by atoms with Crippen LogP contribution < -0.4 is 10.1 Å². The summed E-state index contributed by atoms with van der Waals surface area (Å²) >= 11 is 0. The maximum Gasteiger partial charge on any atom is 0.128 e. The van der Waals surface area contributed by atoms with Gasteiger partial charge in [-0.05, 0) is 57.3 Å². The molecule has 0 radical (unpaired) electrons. The number of methoxy groups -OCH3 is 1. The fraction of sp³-hybridized carbons (Fsp3) is 0.647. The molecular weight excluding hydrogens is 250 g/mol. The molecule has 0 bridgehead atoms. The fourth-order valence-electron chi connectivity index (χ4n) is 2.33. The van der Waals surface area contributed by atoms with Crippen molar-refractivity contribution in [2.24, 2.45) is 5.92 Å². The van der Waals surface area contributed by atoms with E-state index in [1.807, 2.05) is 26.0 Å². The molecule has 0 aromatic heterocycles. The molecule has 114 valence electrons. The molecule has 2 N–H and O–H groups in total. The van der Waals surface area contributed by atoms with Crippen molar-refractivity contribution in [1.82, 2.24) is 5.32 Å². The van der Waals surface area contributed by atoms with Gasteiger partial charge in [0.2, 0.25) is 0 Å². The zero-order chi connectivity index (χ0) is 15.3. The first kappa shape index (κ1) is 17.0. The molecule has 0 spiro atoms. The molecule has 3 heteroatoms. The van der Waals surface area contributed by atoms with Gasteiger partial charge in [0.15, 0.2) is 0 Å². The normalized spacial score (nSPS) is 14.4. The van der Waals surface area contributed by atoms with Gasteiger partial charge >= 0.3 is 0 Å². The molecular formula is C17H29NO2. The number of ether oxygens (including phenoxy) is 1. The Bertz CT molecular complexity index is 439. The summed E-state index contributed by atoms with van der Waals surface area (Å²) < 4.78 is 5.51. The SMILES string of the molecule is COc1c(C(C)(O)CCNCC(C)C)ccc(C)c1C. The fourth-order valence-corrected chi connectivity index (χ4v) is 2.33. The van der Waals surface area contributed by atoms with Crippen molar-refractivity contribution in [3.8, 4) is 5.75 Å². The van der Waals surface area contributed by atoms with Gasteiger partial charge in [-0.1, -0.05) is 26.0 Å². The highest BCUT2D eigenvalue weighted by molar-refractivity contribution is 5.47. The van der Waals surface area contributed by atoms with E-state index in [0.29, 0.717) is 12.3 Å². The molecule has 20 heavy (non-hydrogen) atoms. The summed E-state index contributed by atoms with van der Waals surface area (Å²) in [6.07, 6.45) is 0.665. The molecule has 0 aliphatic rings. The Hall–Kier alpha value is -1.06. The zero-order valence-electron chi connectivity index (χ0n) is 13.7. The van der Waals surface area contributed by atoms with Crippen molar-refractivity contribution in [3.63, 3.8) is 0 Å². The van der Waals surface area contributed by atoms with E-state index in [9.17, 15) is 5.11 Å². The predicted molar refractivity (Wildman–Crippen MR) is 84.4 cm³/mol. The van der Waals surface area contributed by atoms with Gasteiger partial charge in [-0.2, -0.15) is 0 Å². The maximum absolute atomic E-state index is 10.8. The second-order valence-electron chi connectivity index (χ2n) is 6.21. The molecule has 1 atom stereocenters. The van der Waals surface area contributed by atoms with Gasteiger partial charge in [0.1, 0.15) is 5.75 Å². The third kappa shape index (κ3) is 4.22. The van der Waals surface area contributed by atoms with Crippen LogP contribution in [0.15, 0.2) is 12.1 Å². The standard InChI is InChI=1S/C17H29NO2/c1-12(2)11-18-10-9-17(5,19)15-8-7-13(3)14(4)16(15)20-6/h7-8,12,18-19H,9-11H2,1-6H3. The summed E-state index contributed by atoms with van der Waals surface area (Å²) in [5.41, 5.74) is 2.27. The first-order valence-electron chi connectivity index (χ1n) is 7.37. The number of hydrogen-bond acceptors (Lipinski definition) is 3. The molecule has 0 heterocycles. The highest BCUT2D eigenvalue weighted by Crippen LogP contribution is 2.35. The smallest absolute Gasteiger partial charge is 0.128 e. The van der Waals surface area contributed by atoms with E-state index >= 15 is 0 Å². The second-order valence-corrected chi connectivity index (χ2v) is 6.21. The Morgan fingerprint density at radius 3 is 2.50 bits per heavy atom. The van der Waals surface area contributed by atoms with Crippen LogP contribution in [0.4, 0.5) is 0 Å². The van der Waals surface area contributed by atoms with Gasteiger partial charge in [-0.3, -0.25) is 0 Å². The summed E-state index contributed by atoms with van der Waals surface area (Å²) in [5, 5.41) is 14.1. The van der Waals surface area contributed by atoms with Crippen molar-refractivity contribution in [2.45, 2.75) is 46.6 Å². The number of hydrogen-bond donors (Lipinski definition) is 2.